The molecule has 1 heterocycles. The number of nitrogens with two attached hydrogens (primary N) is 1. The zero-order chi connectivity index (χ0) is 17.5. The summed E-state index contributed by atoms with van der Waals surface area (Å²) in [6.45, 7) is 4.23. The Bertz CT molecular complexity index is 714. The van der Waals surface area contributed by atoms with Crippen molar-refractivity contribution < 1.29 is 9.59 Å². The van der Waals surface area contributed by atoms with Crippen LogP contribution in [0.1, 0.15) is 29.3 Å². The van der Waals surface area contributed by atoms with Crippen molar-refractivity contribution in [3.05, 3.63) is 40.3 Å². The Morgan fingerprint density at radius 2 is 1.88 bits per heavy atom. The van der Waals surface area contributed by atoms with Gasteiger partial charge in [0.25, 0.3) is 5.91 Å². The lowest BCUT2D eigenvalue weighted by Gasteiger charge is -2.13. The van der Waals surface area contributed by atoms with E-state index in [0.717, 1.165) is 5.01 Å². The lowest BCUT2D eigenvalue weighted by Crippen LogP contribution is -2.34. The second kappa shape index (κ2) is 8.42. The van der Waals surface area contributed by atoms with Gasteiger partial charge in [-0.2, -0.15) is 0 Å². The van der Waals surface area contributed by atoms with Crippen molar-refractivity contribution in [2.24, 2.45) is 5.73 Å². The maximum absolute atomic E-state index is 12.3. The van der Waals surface area contributed by atoms with Crippen LogP contribution in [0.3, 0.4) is 0 Å². The van der Waals surface area contributed by atoms with E-state index in [0.29, 0.717) is 30.0 Å². The highest BCUT2D eigenvalue weighted by Gasteiger charge is 2.14. The van der Waals surface area contributed by atoms with Gasteiger partial charge in [-0.05, 0) is 32.5 Å². The third-order valence-electron chi connectivity index (χ3n) is 2.99. The molecule has 0 bridgehead atoms. The van der Waals surface area contributed by atoms with Crippen LogP contribution in [0, 0.1) is 0 Å². The van der Waals surface area contributed by atoms with Gasteiger partial charge in [0.05, 0.1) is 16.4 Å². The molecular formula is C16H21N5O2S. The maximum Gasteiger partial charge on any atom is 0.319 e. The molecule has 0 spiro atoms. The van der Waals surface area contributed by atoms with Gasteiger partial charge >= 0.3 is 6.03 Å². The predicted molar refractivity (Wildman–Crippen MR) is 96.6 cm³/mol. The zero-order valence-electron chi connectivity index (χ0n) is 13.6. The standard InChI is InChI=1S/C16H21N5O2S/c1-10(2)18-16(23)21-12-6-4-3-5-11(12)20-15(22)13-9-24-14(19-13)7-8-17/h3-6,9-10H,7-8,17H2,1-2H3,(H,20,22)(H2,18,21,23). The van der Waals surface area contributed by atoms with Gasteiger partial charge in [-0.15, -0.1) is 11.3 Å². The smallest absolute Gasteiger partial charge is 0.319 e. The molecule has 1 aromatic heterocycles. The van der Waals surface area contributed by atoms with Gasteiger partial charge in [-0.3, -0.25) is 4.79 Å². The van der Waals surface area contributed by atoms with Crippen LogP contribution in [-0.4, -0.2) is 29.5 Å². The Morgan fingerprint density at radius 1 is 1.21 bits per heavy atom. The number of para-hydroxylation sites is 2. The number of aromatic nitrogens is 1. The van der Waals surface area contributed by atoms with Gasteiger partial charge < -0.3 is 21.7 Å². The van der Waals surface area contributed by atoms with E-state index in [2.05, 4.69) is 20.9 Å². The number of urea groups is 1. The molecule has 24 heavy (non-hydrogen) atoms. The molecule has 0 aliphatic rings. The summed E-state index contributed by atoms with van der Waals surface area (Å²) in [7, 11) is 0. The zero-order valence-corrected chi connectivity index (χ0v) is 14.4. The summed E-state index contributed by atoms with van der Waals surface area (Å²) >= 11 is 1.40. The van der Waals surface area contributed by atoms with Crippen LogP contribution in [0.5, 0.6) is 0 Å². The SMILES string of the molecule is CC(C)NC(=O)Nc1ccccc1NC(=O)c1csc(CCN)n1. The summed E-state index contributed by atoms with van der Waals surface area (Å²) < 4.78 is 0. The summed E-state index contributed by atoms with van der Waals surface area (Å²) in [6, 6.07) is 6.69. The summed E-state index contributed by atoms with van der Waals surface area (Å²) in [5.41, 5.74) is 6.85. The van der Waals surface area contributed by atoms with Gasteiger partial charge in [0.1, 0.15) is 5.69 Å². The lowest BCUT2D eigenvalue weighted by atomic mass is 10.2. The molecule has 3 amide bonds. The number of rotatable bonds is 6. The maximum atomic E-state index is 12.3. The lowest BCUT2D eigenvalue weighted by molar-refractivity contribution is 0.102. The van der Waals surface area contributed by atoms with Crippen molar-refractivity contribution in [1.82, 2.24) is 10.3 Å². The first-order valence-corrected chi connectivity index (χ1v) is 8.50. The second-order valence-electron chi connectivity index (χ2n) is 5.42. The number of benzene rings is 1. The molecule has 1 aromatic carbocycles. The van der Waals surface area contributed by atoms with Crippen LogP contribution < -0.4 is 21.7 Å². The van der Waals surface area contributed by atoms with E-state index in [-0.39, 0.29) is 18.0 Å². The van der Waals surface area contributed by atoms with Gasteiger partial charge in [0, 0.05) is 17.8 Å². The van der Waals surface area contributed by atoms with Gasteiger partial charge in [0.15, 0.2) is 0 Å². The van der Waals surface area contributed by atoms with Crippen LogP contribution in [-0.2, 0) is 6.42 Å². The first-order valence-electron chi connectivity index (χ1n) is 7.62. The quantitative estimate of drug-likeness (QED) is 0.643. The topological polar surface area (TPSA) is 109 Å². The fourth-order valence-corrected chi connectivity index (χ4v) is 2.76. The van der Waals surface area contributed by atoms with E-state index in [1.165, 1.54) is 11.3 Å². The molecule has 0 unspecified atom stereocenters. The number of hydrogen-bond donors (Lipinski definition) is 4. The second-order valence-corrected chi connectivity index (χ2v) is 6.36. The number of anilines is 2. The van der Waals surface area contributed by atoms with Crippen LogP contribution in [0.2, 0.25) is 0 Å². The molecule has 8 heteroatoms. The Morgan fingerprint density at radius 3 is 2.50 bits per heavy atom. The van der Waals surface area contributed by atoms with Crippen molar-refractivity contribution in [2.75, 3.05) is 17.2 Å². The molecule has 128 valence electrons. The normalized spacial score (nSPS) is 10.5. The fourth-order valence-electron chi connectivity index (χ4n) is 1.96. The molecule has 5 N–H and O–H groups in total. The first-order chi connectivity index (χ1) is 11.5. The number of nitrogens with zero attached hydrogens (tertiary/aromatic N) is 1. The van der Waals surface area contributed by atoms with Crippen LogP contribution in [0.25, 0.3) is 0 Å². The minimum absolute atomic E-state index is 0.0164. The summed E-state index contributed by atoms with van der Waals surface area (Å²) in [6.07, 6.45) is 0.644. The number of nitrogens with one attached hydrogen (secondary N) is 3. The predicted octanol–water partition coefficient (Wildman–Crippen LogP) is 2.43. The Hall–Kier alpha value is -2.45. The number of carbonyl (C=O) groups excluding carboxylic acids is 2. The summed E-state index contributed by atoms with van der Waals surface area (Å²) in [5.74, 6) is -0.326. The van der Waals surface area contributed by atoms with Crippen LogP contribution >= 0.6 is 11.3 Å². The summed E-state index contributed by atoms with van der Waals surface area (Å²) in [4.78, 5) is 28.4. The Kier molecular flexibility index (Phi) is 6.28. The van der Waals surface area contributed by atoms with Crippen molar-refractivity contribution in [1.29, 1.82) is 0 Å². The Labute approximate surface area is 144 Å². The molecule has 0 aliphatic heterocycles. The summed E-state index contributed by atoms with van der Waals surface area (Å²) in [5, 5.41) is 10.8. The molecule has 0 fully saturated rings. The van der Waals surface area contributed by atoms with E-state index >= 15 is 0 Å². The number of thiazole rings is 1. The molecule has 0 saturated heterocycles. The van der Waals surface area contributed by atoms with Crippen LogP contribution in [0.15, 0.2) is 29.6 Å². The number of carbonyl (C=O) groups is 2. The molecule has 2 rings (SSSR count). The molecular weight excluding hydrogens is 326 g/mol. The van der Waals surface area contributed by atoms with Gasteiger partial charge in [-0.25, -0.2) is 9.78 Å². The highest BCUT2D eigenvalue weighted by Crippen LogP contribution is 2.22. The Balaban J connectivity index is 2.08. The average Bonchev–Trinajstić information content (AvgIpc) is 2.97. The van der Waals surface area contributed by atoms with Crippen molar-refractivity contribution in [3.63, 3.8) is 0 Å². The van der Waals surface area contributed by atoms with Gasteiger partial charge in [-0.1, -0.05) is 12.1 Å². The van der Waals surface area contributed by atoms with E-state index in [1.54, 1.807) is 29.6 Å². The molecule has 0 saturated carbocycles. The third kappa shape index (κ3) is 5.04. The number of amides is 3. The first kappa shape index (κ1) is 17.9. The monoisotopic (exact) mass is 347 g/mol. The minimum Gasteiger partial charge on any atom is -0.336 e. The van der Waals surface area contributed by atoms with Crippen molar-refractivity contribution in [3.8, 4) is 0 Å². The van der Waals surface area contributed by atoms with Crippen molar-refractivity contribution >= 4 is 34.6 Å². The highest BCUT2D eigenvalue weighted by molar-refractivity contribution is 7.09. The molecule has 0 atom stereocenters. The average molecular weight is 347 g/mol. The van der Waals surface area contributed by atoms with Gasteiger partial charge in [0.2, 0.25) is 0 Å². The van der Waals surface area contributed by atoms with E-state index in [4.69, 9.17) is 5.73 Å². The number of hydrogen-bond acceptors (Lipinski definition) is 5. The highest BCUT2D eigenvalue weighted by atomic mass is 32.1. The molecule has 7 nitrogen and oxygen atoms in total. The van der Waals surface area contributed by atoms with Crippen LogP contribution in [0.4, 0.5) is 16.2 Å². The van der Waals surface area contributed by atoms with Crippen molar-refractivity contribution in [2.45, 2.75) is 26.3 Å². The third-order valence-corrected chi connectivity index (χ3v) is 3.89. The minimum atomic E-state index is -0.328. The van der Waals surface area contributed by atoms with E-state index in [1.807, 2.05) is 13.8 Å². The molecule has 0 radical (unpaired) electrons. The van der Waals surface area contributed by atoms with E-state index in [9.17, 15) is 9.59 Å². The largest absolute Gasteiger partial charge is 0.336 e. The fraction of sp³-hybridized carbons (Fsp3) is 0.312. The molecule has 2 aromatic rings. The molecule has 0 aliphatic carbocycles. The van der Waals surface area contributed by atoms with E-state index < -0.39 is 0 Å².